The largest absolute Gasteiger partial charge is 0.497 e. The van der Waals surface area contributed by atoms with Crippen molar-refractivity contribution in [3.8, 4) is 5.75 Å². The molecule has 23 heavy (non-hydrogen) atoms. The highest BCUT2D eigenvalue weighted by atomic mass is 79.9. The summed E-state index contributed by atoms with van der Waals surface area (Å²) in [5, 5.41) is 0. The molecule has 2 heterocycles. The van der Waals surface area contributed by atoms with Crippen LogP contribution in [-0.4, -0.2) is 46.0 Å². The number of methoxy groups -OCH3 is 1. The van der Waals surface area contributed by atoms with E-state index >= 15 is 0 Å². The van der Waals surface area contributed by atoms with Gasteiger partial charge in [-0.25, -0.2) is 8.42 Å². The van der Waals surface area contributed by atoms with Crippen molar-refractivity contribution in [1.29, 1.82) is 0 Å². The highest BCUT2D eigenvalue weighted by Crippen LogP contribution is 2.29. The molecular formula is C15H17BrN2O3S2. The second-order valence-electron chi connectivity index (χ2n) is 5.15. The standard InChI is InChI=1S/C15H17BrN2O3S2/c1-21-13-4-2-12(3-5-13)17-8-10-18(11-9-17)23(19,20)15-7-6-14(16)22-15/h2-7H,8-11H2,1H3. The lowest BCUT2D eigenvalue weighted by atomic mass is 10.2. The zero-order chi connectivity index (χ0) is 16.4. The number of benzene rings is 1. The van der Waals surface area contributed by atoms with Crippen LogP contribution in [0.4, 0.5) is 5.69 Å². The van der Waals surface area contributed by atoms with Crippen molar-refractivity contribution in [3.05, 3.63) is 40.2 Å². The topological polar surface area (TPSA) is 49.9 Å². The van der Waals surface area contributed by atoms with Gasteiger partial charge >= 0.3 is 0 Å². The highest BCUT2D eigenvalue weighted by molar-refractivity contribution is 9.11. The number of rotatable bonds is 4. The number of thiophene rings is 1. The number of nitrogens with zero attached hydrogens (tertiary/aromatic N) is 2. The van der Waals surface area contributed by atoms with Crippen molar-refractivity contribution in [2.45, 2.75) is 4.21 Å². The molecule has 0 N–H and O–H groups in total. The van der Waals surface area contributed by atoms with Gasteiger partial charge in [-0.05, 0) is 52.3 Å². The van der Waals surface area contributed by atoms with E-state index in [1.54, 1.807) is 23.5 Å². The lowest BCUT2D eigenvalue weighted by molar-refractivity contribution is 0.385. The molecule has 0 radical (unpaired) electrons. The molecule has 2 aromatic rings. The van der Waals surface area contributed by atoms with Gasteiger partial charge in [0.1, 0.15) is 9.96 Å². The van der Waals surface area contributed by atoms with Crippen LogP contribution in [0.2, 0.25) is 0 Å². The van der Waals surface area contributed by atoms with Crippen LogP contribution in [0.5, 0.6) is 5.75 Å². The molecule has 0 saturated carbocycles. The van der Waals surface area contributed by atoms with Gasteiger partial charge in [-0.1, -0.05) is 0 Å². The van der Waals surface area contributed by atoms with Crippen LogP contribution in [0.3, 0.4) is 0 Å². The molecule has 1 aliphatic heterocycles. The van der Waals surface area contributed by atoms with Crippen LogP contribution in [-0.2, 0) is 10.0 Å². The summed E-state index contributed by atoms with van der Waals surface area (Å²) in [6, 6.07) is 11.3. The Morgan fingerprint density at radius 2 is 1.70 bits per heavy atom. The van der Waals surface area contributed by atoms with E-state index < -0.39 is 10.0 Å². The molecule has 0 atom stereocenters. The zero-order valence-electron chi connectivity index (χ0n) is 12.6. The molecule has 3 rings (SSSR count). The van der Waals surface area contributed by atoms with Gasteiger partial charge < -0.3 is 9.64 Å². The molecular weight excluding hydrogens is 400 g/mol. The summed E-state index contributed by atoms with van der Waals surface area (Å²) in [5.74, 6) is 0.818. The molecule has 5 nitrogen and oxygen atoms in total. The highest BCUT2D eigenvalue weighted by Gasteiger charge is 2.29. The van der Waals surface area contributed by atoms with Crippen molar-refractivity contribution >= 4 is 43.0 Å². The van der Waals surface area contributed by atoms with Crippen LogP contribution in [0, 0.1) is 0 Å². The van der Waals surface area contributed by atoms with E-state index in [2.05, 4.69) is 20.8 Å². The van der Waals surface area contributed by atoms with Crippen molar-refractivity contribution in [3.63, 3.8) is 0 Å². The van der Waals surface area contributed by atoms with Gasteiger partial charge in [-0.3, -0.25) is 0 Å². The SMILES string of the molecule is COc1ccc(N2CCN(S(=O)(=O)c3ccc(Br)s3)CC2)cc1. The summed E-state index contributed by atoms with van der Waals surface area (Å²) in [7, 11) is -1.74. The fourth-order valence-electron chi connectivity index (χ4n) is 2.54. The number of hydrogen-bond donors (Lipinski definition) is 0. The normalized spacial score (nSPS) is 16.5. The lowest BCUT2D eigenvalue weighted by Gasteiger charge is -2.35. The lowest BCUT2D eigenvalue weighted by Crippen LogP contribution is -2.48. The van der Waals surface area contributed by atoms with E-state index in [1.165, 1.54) is 11.3 Å². The minimum atomic E-state index is -3.38. The Labute approximate surface area is 148 Å². The fraction of sp³-hybridized carbons (Fsp3) is 0.333. The molecule has 0 spiro atoms. The van der Waals surface area contributed by atoms with Crippen LogP contribution >= 0.6 is 27.3 Å². The maximum Gasteiger partial charge on any atom is 0.252 e. The molecule has 0 bridgehead atoms. The second kappa shape index (κ2) is 6.80. The molecule has 1 aliphatic rings. The number of sulfonamides is 1. The molecule has 1 fully saturated rings. The van der Waals surface area contributed by atoms with Gasteiger partial charge in [0, 0.05) is 31.9 Å². The third-order valence-corrected chi connectivity index (χ3v) is 7.81. The molecule has 1 aromatic heterocycles. The van der Waals surface area contributed by atoms with E-state index in [0.29, 0.717) is 30.4 Å². The van der Waals surface area contributed by atoms with Gasteiger partial charge in [0.25, 0.3) is 10.0 Å². The monoisotopic (exact) mass is 416 g/mol. The van der Waals surface area contributed by atoms with Crippen molar-refractivity contribution in [2.24, 2.45) is 0 Å². The predicted octanol–water partition coefficient (Wildman–Crippen LogP) is 3.03. The van der Waals surface area contributed by atoms with Crippen molar-refractivity contribution in [2.75, 3.05) is 38.2 Å². The molecule has 0 aliphatic carbocycles. The minimum absolute atomic E-state index is 0.391. The Kier molecular flexibility index (Phi) is 4.96. The minimum Gasteiger partial charge on any atom is -0.497 e. The van der Waals surface area contributed by atoms with Gasteiger partial charge in [-0.15, -0.1) is 11.3 Å². The molecule has 1 saturated heterocycles. The number of halogens is 1. The number of ether oxygens (including phenoxy) is 1. The fourth-order valence-corrected chi connectivity index (χ4v) is 6.13. The van der Waals surface area contributed by atoms with Gasteiger partial charge in [0.2, 0.25) is 0 Å². The Morgan fingerprint density at radius 1 is 1.04 bits per heavy atom. The van der Waals surface area contributed by atoms with E-state index in [1.807, 2.05) is 24.3 Å². The second-order valence-corrected chi connectivity index (χ2v) is 9.78. The van der Waals surface area contributed by atoms with Crippen molar-refractivity contribution < 1.29 is 13.2 Å². The summed E-state index contributed by atoms with van der Waals surface area (Å²) in [5.41, 5.74) is 1.08. The Hall–Kier alpha value is -1.09. The van der Waals surface area contributed by atoms with E-state index in [4.69, 9.17) is 4.74 Å². The molecule has 1 aromatic carbocycles. The Balaban J connectivity index is 1.68. The molecule has 8 heteroatoms. The number of anilines is 1. The van der Waals surface area contributed by atoms with Gasteiger partial charge in [0.05, 0.1) is 10.9 Å². The van der Waals surface area contributed by atoms with Gasteiger partial charge in [-0.2, -0.15) is 4.31 Å². The zero-order valence-corrected chi connectivity index (χ0v) is 15.8. The Bertz CT molecular complexity index is 766. The smallest absolute Gasteiger partial charge is 0.252 e. The van der Waals surface area contributed by atoms with Crippen LogP contribution in [0.1, 0.15) is 0 Å². The first-order valence-corrected chi connectivity index (χ1v) is 10.2. The van der Waals surface area contributed by atoms with E-state index in [-0.39, 0.29) is 0 Å². The third kappa shape index (κ3) is 3.55. The number of piperazine rings is 1. The first-order valence-electron chi connectivity index (χ1n) is 7.15. The molecule has 0 unspecified atom stereocenters. The van der Waals surface area contributed by atoms with Crippen LogP contribution < -0.4 is 9.64 Å². The first-order chi connectivity index (χ1) is 11.0. The average Bonchev–Trinajstić information content (AvgIpc) is 3.02. The average molecular weight is 417 g/mol. The summed E-state index contributed by atoms with van der Waals surface area (Å²) in [6.07, 6.45) is 0. The summed E-state index contributed by atoms with van der Waals surface area (Å²) < 4.78 is 33.2. The predicted molar refractivity (Wildman–Crippen MR) is 96.0 cm³/mol. The van der Waals surface area contributed by atoms with Gasteiger partial charge in [0.15, 0.2) is 0 Å². The van der Waals surface area contributed by atoms with E-state index in [0.717, 1.165) is 15.2 Å². The first kappa shape index (κ1) is 16.8. The van der Waals surface area contributed by atoms with E-state index in [9.17, 15) is 8.42 Å². The quantitative estimate of drug-likeness (QED) is 0.768. The summed E-state index contributed by atoms with van der Waals surface area (Å²) in [6.45, 7) is 2.34. The third-order valence-electron chi connectivity index (χ3n) is 3.82. The molecule has 124 valence electrons. The van der Waals surface area contributed by atoms with Crippen LogP contribution in [0.25, 0.3) is 0 Å². The van der Waals surface area contributed by atoms with Crippen molar-refractivity contribution in [1.82, 2.24) is 4.31 Å². The summed E-state index contributed by atoms with van der Waals surface area (Å²) >= 11 is 4.57. The Morgan fingerprint density at radius 3 is 2.22 bits per heavy atom. The maximum absolute atomic E-state index is 12.6. The number of hydrogen-bond acceptors (Lipinski definition) is 5. The maximum atomic E-state index is 12.6. The van der Waals surface area contributed by atoms with Crippen LogP contribution in [0.15, 0.2) is 44.4 Å². The summed E-state index contributed by atoms with van der Waals surface area (Å²) in [4.78, 5) is 2.19. The molecule has 0 amide bonds.